The van der Waals surface area contributed by atoms with Crippen LogP contribution in [0.4, 0.5) is 0 Å². The molecule has 0 atom stereocenters. The topological polar surface area (TPSA) is 46.5 Å². The summed E-state index contributed by atoms with van der Waals surface area (Å²) in [5.41, 5.74) is 3.33. The maximum Gasteiger partial charge on any atom is 0.341 e. The first kappa shape index (κ1) is 21.3. The Morgan fingerprint density at radius 2 is 1.66 bits per heavy atom. The fraction of sp³-hybridized carbons (Fsp3) is 0.0870. The molecule has 0 aliphatic heterocycles. The van der Waals surface area contributed by atoms with E-state index in [1.54, 1.807) is 23.9 Å². The minimum Gasteiger partial charge on any atom is -0.482 e. The van der Waals surface area contributed by atoms with Gasteiger partial charge in [-0.25, -0.2) is 4.79 Å². The Morgan fingerprint density at radius 3 is 2.31 bits per heavy atom. The van der Waals surface area contributed by atoms with Crippen molar-refractivity contribution in [2.24, 2.45) is 0 Å². The fourth-order valence-electron chi connectivity index (χ4n) is 2.70. The number of carboxylic acid groups (broad SMARTS) is 1. The Hall–Kier alpha value is -2.40. The molecule has 3 nitrogen and oxygen atoms in total. The Balaban J connectivity index is 1.76. The molecule has 0 radical (unpaired) electrons. The maximum atomic E-state index is 10.6. The van der Waals surface area contributed by atoms with Gasteiger partial charge in [0.2, 0.25) is 0 Å². The third-order valence-corrected chi connectivity index (χ3v) is 5.71. The van der Waals surface area contributed by atoms with E-state index in [4.69, 9.17) is 33.0 Å². The minimum absolute atomic E-state index is 0.396. The number of carboxylic acids is 1. The summed E-state index contributed by atoms with van der Waals surface area (Å²) in [6, 6.07) is 23.1. The van der Waals surface area contributed by atoms with Gasteiger partial charge in [-0.15, -0.1) is 11.8 Å². The second kappa shape index (κ2) is 10.4. The molecule has 29 heavy (non-hydrogen) atoms. The molecule has 0 aliphatic rings. The number of hydrogen-bond donors (Lipinski definition) is 1. The first-order valence-electron chi connectivity index (χ1n) is 8.81. The molecule has 0 aliphatic carbocycles. The van der Waals surface area contributed by atoms with Crippen molar-refractivity contribution in [1.82, 2.24) is 0 Å². The van der Waals surface area contributed by atoms with Gasteiger partial charge in [0.25, 0.3) is 0 Å². The molecule has 0 saturated carbocycles. The van der Waals surface area contributed by atoms with Crippen LogP contribution in [0.15, 0.2) is 83.8 Å². The van der Waals surface area contributed by atoms with Crippen LogP contribution in [0.25, 0.3) is 5.57 Å². The molecule has 3 aromatic rings. The lowest BCUT2D eigenvalue weighted by Crippen LogP contribution is -2.09. The molecule has 0 amide bonds. The highest BCUT2D eigenvalue weighted by atomic mass is 35.5. The van der Waals surface area contributed by atoms with Crippen LogP contribution in [-0.4, -0.2) is 23.4 Å². The van der Waals surface area contributed by atoms with Crippen LogP contribution in [0.5, 0.6) is 5.75 Å². The van der Waals surface area contributed by atoms with Crippen LogP contribution in [0.3, 0.4) is 0 Å². The van der Waals surface area contributed by atoms with E-state index in [-0.39, 0.29) is 0 Å². The van der Waals surface area contributed by atoms with E-state index in [1.807, 2.05) is 48.5 Å². The SMILES string of the molecule is O=C(O)COc1ccc(SC/C=C(/c2ccccc2)c2ccc(Cl)cc2)c(Cl)c1. The monoisotopic (exact) mass is 444 g/mol. The molecule has 6 heteroatoms. The Morgan fingerprint density at radius 1 is 0.966 bits per heavy atom. The molecule has 0 spiro atoms. The quantitative estimate of drug-likeness (QED) is 0.393. The van der Waals surface area contributed by atoms with Gasteiger partial charge < -0.3 is 9.84 Å². The Labute approximate surface area is 183 Å². The number of aliphatic carboxylic acids is 1. The van der Waals surface area contributed by atoms with Gasteiger partial charge in [-0.1, -0.05) is 71.7 Å². The van der Waals surface area contributed by atoms with E-state index in [2.05, 4.69) is 18.2 Å². The van der Waals surface area contributed by atoms with Gasteiger partial charge in [-0.2, -0.15) is 0 Å². The summed E-state index contributed by atoms with van der Waals surface area (Å²) in [5.74, 6) is 0.117. The van der Waals surface area contributed by atoms with Crippen LogP contribution < -0.4 is 4.74 Å². The normalized spacial score (nSPS) is 11.3. The highest BCUT2D eigenvalue weighted by Crippen LogP contribution is 2.32. The summed E-state index contributed by atoms with van der Waals surface area (Å²) in [7, 11) is 0. The van der Waals surface area contributed by atoms with E-state index in [9.17, 15) is 4.79 Å². The molecule has 0 fully saturated rings. The van der Waals surface area contributed by atoms with E-state index in [1.165, 1.54) is 0 Å². The maximum absolute atomic E-state index is 10.6. The van der Waals surface area contributed by atoms with Gasteiger partial charge in [0.1, 0.15) is 5.75 Å². The average Bonchev–Trinajstić information content (AvgIpc) is 2.72. The van der Waals surface area contributed by atoms with E-state index in [0.717, 1.165) is 21.6 Å². The zero-order valence-electron chi connectivity index (χ0n) is 15.3. The number of thioether (sulfide) groups is 1. The molecule has 1 N–H and O–H groups in total. The molecule has 0 heterocycles. The van der Waals surface area contributed by atoms with Gasteiger partial charge in [-0.05, 0) is 47.0 Å². The van der Waals surface area contributed by atoms with Crippen molar-refractivity contribution in [3.63, 3.8) is 0 Å². The van der Waals surface area contributed by atoms with Crippen molar-refractivity contribution < 1.29 is 14.6 Å². The number of carbonyl (C=O) groups is 1. The summed E-state index contributed by atoms with van der Waals surface area (Å²) >= 11 is 14.0. The third-order valence-electron chi connectivity index (χ3n) is 4.03. The summed E-state index contributed by atoms with van der Waals surface area (Å²) in [5, 5.41) is 9.92. The third kappa shape index (κ3) is 6.29. The number of rotatable bonds is 8. The first-order valence-corrected chi connectivity index (χ1v) is 10.6. The average molecular weight is 445 g/mol. The van der Waals surface area contributed by atoms with Gasteiger partial charge >= 0.3 is 5.97 Å². The van der Waals surface area contributed by atoms with Gasteiger partial charge in [-0.3, -0.25) is 0 Å². The predicted octanol–water partition coefficient (Wildman–Crippen LogP) is 6.68. The summed E-state index contributed by atoms with van der Waals surface area (Å²) in [6.45, 7) is -0.396. The summed E-state index contributed by atoms with van der Waals surface area (Å²) < 4.78 is 5.16. The van der Waals surface area contributed by atoms with E-state index >= 15 is 0 Å². The van der Waals surface area contributed by atoms with E-state index < -0.39 is 12.6 Å². The summed E-state index contributed by atoms with van der Waals surface area (Å²) in [6.07, 6.45) is 2.16. The Kier molecular flexibility index (Phi) is 7.64. The van der Waals surface area contributed by atoms with Crippen molar-refractivity contribution in [2.75, 3.05) is 12.4 Å². The number of hydrogen-bond acceptors (Lipinski definition) is 3. The second-order valence-corrected chi connectivity index (χ2v) is 7.98. The zero-order chi connectivity index (χ0) is 20.6. The van der Waals surface area contributed by atoms with Crippen molar-refractivity contribution in [3.05, 3.63) is 100 Å². The lowest BCUT2D eigenvalue weighted by atomic mass is 9.98. The molecule has 148 valence electrons. The van der Waals surface area contributed by atoms with Crippen LogP contribution >= 0.6 is 35.0 Å². The van der Waals surface area contributed by atoms with E-state index in [0.29, 0.717) is 21.5 Å². The second-order valence-electron chi connectivity index (χ2n) is 6.08. The predicted molar refractivity (Wildman–Crippen MR) is 120 cm³/mol. The largest absolute Gasteiger partial charge is 0.482 e. The first-order chi connectivity index (χ1) is 14.0. The molecule has 0 unspecified atom stereocenters. The van der Waals surface area contributed by atoms with Crippen LogP contribution in [0, 0.1) is 0 Å². The Bertz CT molecular complexity index is 1000. The van der Waals surface area contributed by atoms with Gasteiger partial charge in [0.15, 0.2) is 6.61 Å². The molecule has 3 rings (SSSR count). The number of ether oxygens (including phenoxy) is 1. The lowest BCUT2D eigenvalue weighted by molar-refractivity contribution is -0.139. The number of halogens is 2. The number of benzene rings is 3. The lowest BCUT2D eigenvalue weighted by Gasteiger charge is -2.10. The smallest absolute Gasteiger partial charge is 0.341 e. The van der Waals surface area contributed by atoms with Gasteiger partial charge in [0.05, 0.1) is 5.02 Å². The van der Waals surface area contributed by atoms with Crippen molar-refractivity contribution in [2.45, 2.75) is 4.90 Å². The van der Waals surface area contributed by atoms with Crippen molar-refractivity contribution in [3.8, 4) is 5.75 Å². The minimum atomic E-state index is -1.03. The highest BCUT2D eigenvalue weighted by molar-refractivity contribution is 7.99. The molecule has 0 aromatic heterocycles. The summed E-state index contributed by atoms with van der Waals surface area (Å²) in [4.78, 5) is 11.5. The molecule has 3 aromatic carbocycles. The fourth-order valence-corrected chi connectivity index (χ4v) is 3.95. The van der Waals surface area contributed by atoms with Crippen molar-refractivity contribution in [1.29, 1.82) is 0 Å². The standard InChI is InChI=1S/C23H18Cl2O3S/c24-18-8-6-17(7-9-18)20(16-4-2-1-3-5-16)12-13-29-22-11-10-19(14-21(22)25)28-15-23(26)27/h1-12,14H,13,15H2,(H,26,27)/b20-12-. The van der Waals surface area contributed by atoms with Crippen LogP contribution in [0.2, 0.25) is 10.0 Å². The molecule has 0 saturated heterocycles. The van der Waals surface area contributed by atoms with Crippen LogP contribution in [0.1, 0.15) is 11.1 Å². The molecular weight excluding hydrogens is 427 g/mol. The van der Waals surface area contributed by atoms with Crippen molar-refractivity contribution >= 4 is 46.5 Å². The molecule has 0 bridgehead atoms. The highest BCUT2D eigenvalue weighted by Gasteiger charge is 2.07. The van der Waals surface area contributed by atoms with Gasteiger partial charge in [0, 0.05) is 15.7 Å². The van der Waals surface area contributed by atoms with Crippen LogP contribution in [-0.2, 0) is 4.79 Å². The zero-order valence-corrected chi connectivity index (χ0v) is 17.7. The molecular formula is C23H18Cl2O3S.